The van der Waals surface area contributed by atoms with E-state index in [4.69, 9.17) is 13.9 Å². The largest absolute Gasteiger partial charge is 0.492 e. The third-order valence-corrected chi connectivity index (χ3v) is 10.7. The molecule has 0 N–H and O–H groups in total. The van der Waals surface area contributed by atoms with Crippen LogP contribution in [-0.4, -0.2) is 52.2 Å². The average molecular weight is 410 g/mol. The summed E-state index contributed by atoms with van der Waals surface area (Å²) in [6.45, 7) is 13.6. The normalized spacial score (nSPS) is 19.7. The van der Waals surface area contributed by atoms with Crippen LogP contribution in [-0.2, 0) is 22.0 Å². The average Bonchev–Trinajstić information content (AvgIpc) is 3.19. The van der Waals surface area contributed by atoms with E-state index in [0.717, 1.165) is 24.0 Å². The zero-order valence-corrected chi connectivity index (χ0v) is 18.6. The highest BCUT2D eigenvalue weighted by Crippen LogP contribution is 2.38. The summed E-state index contributed by atoms with van der Waals surface area (Å²) in [5, 5.41) is 0.173. The molecule has 5 nitrogen and oxygen atoms in total. The Morgan fingerprint density at radius 1 is 1.29 bits per heavy atom. The van der Waals surface area contributed by atoms with Gasteiger partial charge in [0.15, 0.2) is 8.32 Å². The molecular weight excluding hydrogens is 377 g/mol. The standard InChI is InChI=1S/C21H32FNO4Si/c1-21(2,3)28(4,5)27-14-15-10-16-12-17(13-19(22)18(16)11-15)25-8-6-23-7-9-26-20(23)24/h12-13,15H,6-11,14H2,1-5H3. The van der Waals surface area contributed by atoms with Gasteiger partial charge in [-0.05, 0) is 54.1 Å². The fraction of sp³-hybridized carbons (Fsp3) is 0.667. The van der Waals surface area contributed by atoms with Crippen molar-refractivity contribution in [3.63, 3.8) is 0 Å². The predicted molar refractivity (Wildman–Crippen MR) is 109 cm³/mol. The summed E-state index contributed by atoms with van der Waals surface area (Å²) in [7, 11) is -1.80. The van der Waals surface area contributed by atoms with Crippen molar-refractivity contribution in [2.75, 3.05) is 32.9 Å². The molecule has 1 unspecified atom stereocenters. The molecule has 0 bridgehead atoms. The monoisotopic (exact) mass is 409 g/mol. The van der Waals surface area contributed by atoms with Crippen LogP contribution < -0.4 is 4.74 Å². The highest BCUT2D eigenvalue weighted by Gasteiger charge is 2.38. The van der Waals surface area contributed by atoms with Crippen molar-refractivity contribution in [2.24, 2.45) is 5.92 Å². The highest BCUT2D eigenvalue weighted by molar-refractivity contribution is 6.74. The van der Waals surface area contributed by atoms with Gasteiger partial charge in [0.1, 0.15) is 24.8 Å². The maximum absolute atomic E-state index is 14.6. The number of nitrogens with zero attached hydrogens (tertiary/aromatic N) is 1. The van der Waals surface area contributed by atoms with Crippen molar-refractivity contribution < 1.29 is 23.1 Å². The minimum atomic E-state index is -1.80. The first-order valence-electron chi connectivity index (χ1n) is 10.1. The Hall–Kier alpha value is -1.60. The number of carbonyl (C=O) groups is 1. The van der Waals surface area contributed by atoms with E-state index in [-0.39, 0.29) is 16.9 Å². The van der Waals surface area contributed by atoms with E-state index < -0.39 is 8.32 Å². The fourth-order valence-electron chi connectivity index (χ4n) is 3.39. The lowest BCUT2D eigenvalue weighted by molar-refractivity contribution is 0.153. The van der Waals surface area contributed by atoms with Crippen molar-refractivity contribution in [3.8, 4) is 5.75 Å². The first-order chi connectivity index (χ1) is 13.1. The molecule has 156 valence electrons. The first-order valence-corrected chi connectivity index (χ1v) is 13.0. The maximum atomic E-state index is 14.6. The van der Waals surface area contributed by atoms with Crippen LogP contribution in [0.4, 0.5) is 9.18 Å². The van der Waals surface area contributed by atoms with Crippen molar-refractivity contribution in [1.29, 1.82) is 0 Å². The van der Waals surface area contributed by atoms with Crippen molar-refractivity contribution in [1.82, 2.24) is 4.90 Å². The predicted octanol–water partition coefficient (Wildman–Crippen LogP) is 4.39. The molecule has 0 radical (unpaired) electrons. The Kier molecular flexibility index (Phi) is 6.05. The number of hydrogen-bond acceptors (Lipinski definition) is 4. The summed E-state index contributed by atoms with van der Waals surface area (Å²) in [4.78, 5) is 13.0. The molecule has 1 saturated heterocycles. The summed E-state index contributed by atoms with van der Waals surface area (Å²) in [6, 6.07) is 3.39. The lowest BCUT2D eigenvalue weighted by atomic mass is 10.1. The molecule has 1 aromatic carbocycles. The molecule has 1 amide bonds. The minimum Gasteiger partial charge on any atom is -0.492 e. The molecule has 0 spiro atoms. The quantitative estimate of drug-likeness (QED) is 0.627. The smallest absolute Gasteiger partial charge is 0.410 e. The van der Waals surface area contributed by atoms with E-state index in [1.165, 1.54) is 6.07 Å². The van der Waals surface area contributed by atoms with Gasteiger partial charge < -0.3 is 18.8 Å². The van der Waals surface area contributed by atoms with Crippen LogP contribution in [0.25, 0.3) is 0 Å². The molecule has 1 aromatic rings. The van der Waals surface area contributed by atoms with Gasteiger partial charge in [-0.2, -0.15) is 0 Å². The molecule has 28 heavy (non-hydrogen) atoms. The van der Waals surface area contributed by atoms with Gasteiger partial charge in [0.2, 0.25) is 0 Å². The maximum Gasteiger partial charge on any atom is 0.410 e. The van der Waals surface area contributed by atoms with Crippen molar-refractivity contribution in [3.05, 3.63) is 29.1 Å². The number of fused-ring (bicyclic) bond motifs is 1. The Morgan fingerprint density at radius 2 is 2.04 bits per heavy atom. The van der Waals surface area contributed by atoms with Crippen molar-refractivity contribution in [2.45, 2.75) is 51.7 Å². The summed E-state index contributed by atoms with van der Waals surface area (Å²) in [6.07, 6.45) is 1.22. The van der Waals surface area contributed by atoms with Gasteiger partial charge in [0.25, 0.3) is 0 Å². The van der Waals surface area contributed by atoms with E-state index in [0.29, 0.717) is 44.6 Å². The summed E-state index contributed by atoms with van der Waals surface area (Å²) < 4.78 is 31.5. The van der Waals surface area contributed by atoms with Gasteiger partial charge >= 0.3 is 6.09 Å². The second-order valence-corrected chi connectivity index (χ2v) is 14.1. The summed E-state index contributed by atoms with van der Waals surface area (Å²) >= 11 is 0. The Bertz CT molecular complexity index is 732. The molecule has 7 heteroatoms. The number of hydrogen-bond donors (Lipinski definition) is 0. The Balaban J connectivity index is 1.55. The zero-order valence-electron chi connectivity index (χ0n) is 17.6. The van der Waals surface area contributed by atoms with Crippen LogP contribution in [0, 0.1) is 11.7 Å². The minimum absolute atomic E-state index is 0.173. The Morgan fingerprint density at radius 3 is 2.68 bits per heavy atom. The van der Waals surface area contributed by atoms with Crippen LogP contribution in [0.15, 0.2) is 12.1 Å². The number of amides is 1. The molecule has 0 aromatic heterocycles. The second kappa shape index (κ2) is 8.03. The number of ether oxygens (including phenoxy) is 2. The van der Waals surface area contributed by atoms with Crippen LogP contribution in [0.1, 0.15) is 31.9 Å². The molecule has 1 heterocycles. The van der Waals surface area contributed by atoms with Gasteiger partial charge in [0, 0.05) is 12.7 Å². The van der Waals surface area contributed by atoms with Crippen LogP contribution in [0.3, 0.4) is 0 Å². The molecule has 0 saturated carbocycles. The van der Waals surface area contributed by atoms with Crippen molar-refractivity contribution >= 4 is 14.4 Å². The molecule has 2 aliphatic rings. The molecule has 1 aliphatic carbocycles. The lowest BCUT2D eigenvalue weighted by Gasteiger charge is -2.37. The molecule has 1 fully saturated rings. The first kappa shape index (κ1) is 21.1. The number of cyclic esters (lactones) is 1. The van der Waals surface area contributed by atoms with Crippen LogP contribution in [0.5, 0.6) is 5.75 Å². The van der Waals surface area contributed by atoms with E-state index in [1.807, 2.05) is 6.07 Å². The van der Waals surface area contributed by atoms with Gasteiger partial charge in [-0.1, -0.05) is 20.8 Å². The number of benzene rings is 1. The highest BCUT2D eigenvalue weighted by atomic mass is 28.4. The summed E-state index contributed by atoms with van der Waals surface area (Å²) in [5.74, 6) is 0.630. The number of halogens is 1. The zero-order chi connectivity index (χ0) is 20.5. The van der Waals surface area contributed by atoms with E-state index in [2.05, 4.69) is 33.9 Å². The van der Waals surface area contributed by atoms with Gasteiger partial charge in [-0.3, -0.25) is 0 Å². The SMILES string of the molecule is CC(C)(C)[Si](C)(C)OCC1Cc2cc(OCCN3CCOC3=O)cc(F)c2C1. The molecular formula is C21H32FNO4Si. The van der Waals surface area contributed by atoms with Crippen LogP contribution >= 0.6 is 0 Å². The van der Waals surface area contributed by atoms with Gasteiger partial charge in [0.05, 0.1) is 13.1 Å². The number of rotatable bonds is 7. The van der Waals surface area contributed by atoms with E-state index >= 15 is 0 Å². The number of carbonyl (C=O) groups excluding carboxylic acids is 1. The van der Waals surface area contributed by atoms with Gasteiger partial charge in [-0.25, -0.2) is 9.18 Å². The third-order valence-electron chi connectivity index (χ3n) is 6.22. The summed E-state index contributed by atoms with van der Waals surface area (Å²) in [5.41, 5.74) is 1.80. The topological polar surface area (TPSA) is 48.0 Å². The fourth-order valence-corrected chi connectivity index (χ4v) is 4.48. The molecule has 1 aliphatic heterocycles. The van der Waals surface area contributed by atoms with E-state index in [9.17, 15) is 9.18 Å². The van der Waals surface area contributed by atoms with Crippen LogP contribution in [0.2, 0.25) is 18.1 Å². The third kappa shape index (κ3) is 4.68. The molecule has 1 atom stereocenters. The van der Waals surface area contributed by atoms with Gasteiger partial charge in [-0.15, -0.1) is 0 Å². The second-order valence-electron chi connectivity index (χ2n) is 9.34. The van der Waals surface area contributed by atoms with E-state index in [1.54, 1.807) is 4.90 Å². The molecule has 3 rings (SSSR count). The Labute approximate surface area is 168 Å². The lowest BCUT2D eigenvalue weighted by Crippen LogP contribution is -2.42.